The lowest BCUT2D eigenvalue weighted by Gasteiger charge is -2.00. The fourth-order valence-corrected chi connectivity index (χ4v) is 2.04. The largest absolute Gasteiger partial charge is 0.355 e. The summed E-state index contributed by atoms with van der Waals surface area (Å²) in [5, 5.41) is 2.54. The summed E-state index contributed by atoms with van der Waals surface area (Å²) in [5.41, 5.74) is 2.04. The molecule has 0 bridgehead atoms. The van der Waals surface area contributed by atoms with Crippen molar-refractivity contribution < 1.29 is 9.59 Å². The third-order valence-corrected chi connectivity index (χ3v) is 3.48. The fourth-order valence-electron chi connectivity index (χ4n) is 1.77. The van der Waals surface area contributed by atoms with Crippen LogP contribution in [0, 0.1) is 0 Å². The Morgan fingerprint density at radius 3 is 2.10 bits per heavy atom. The molecule has 1 N–H and O–H groups in total. The quantitative estimate of drug-likeness (QED) is 0.679. The average molecular weight is 344 g/mol. The number of hydrogen-bond donors (Lipinski definition) is 1. The van der Waals surface area contributed by atoms with E-state index >= 15 is 0 Å². The molecule has 0 atom stereocenters. The minimum absolute atomic E-state index is 0.0959. The number of rotatable bonds is 4. The van der Waals surface area contributed by atoms with Crippen molar-refractivity contribution >= 4 is 33.7 Å². The molecule has 0 fully saturated rings. The second-order valence-electron chi connectivity index (χ2n) is 4.41. The van der Waals surface area contributed by atoms with Gasteiger partial charge in [-0.1, -0.05) is 46.3 Å². The Balaban J connectivity index is 2.09. The molecule has 0 radical (unpaired) electrons. The molecule has 0 aromatic heterocycles. The number of amides is 1. The molecule has 2 rings (SSSR count). The molecule has 0 aliphatic rings. The molecule has 2 aromatic rings. The molecule has 0 aliphatic heterocycles. The Morgan fingerprint density at radius 1 is 0.952 bits per heavy atom. The van der Waals surface area contributed by atoms with Gasteiger partial charge in [0, 0.05) is 22.6 Å². The molecular weight excluding hydrogens is 330 g/mol. The summed E-state index contributed by atoms with van der Waals surface area (Å²) >= 11 is 3.36. The molecule has 0 spiro atoms. The molecule has 0 saturated carbocycles. The molecule has 4 heteroatoms. The van der Waals surface area contributed by atoms with Gasteiger partial charge in [-0.2, -0.15) is 0 Å². The Kier molecular flexibility index (Phi) is 5.06. The summed E-state index contributed by atoms with van der Waals surface area (Å²) in [5.74, 6) is -0.263. The normalized spacial score (nSPS) is 10.6. The van der Waals surface area contributed by atoms with E-state index in [-0.39, 0.29) is 11.7 Å². The lowest BCUT2D eigenvalue weighted by atomic mass is 10.1. The highest BCUT2D eigenvalue weighted by atomic mass is 79.9. The van der Waals surface area contributed by atoms with E-state index in [1.165, 1.54) is 6.08 Å². The molecule has 0 unspecified atom stereocenters. The van der Waals surface area contributed by atoms with Crippen molar-refractivity contribution in [1.29, 1.82) is 0 Å². The van der Waals surface area contributed by atoms with Crippen LogP contribution in [0.4, 0.5) is 0 Å². The fraction of sp³-hybridized carbons (Fsp3) is 0.0588. The van der Waals surface area contributed by atoms with Gasteiger partial charge in [-0.3, -0.25) is 9.59 Å². The first-order valence-electron chi connectivity index (χ1n) is 6.40. The maximum absolute atomic E-state index is 12.0. The van der Waals surface area contributed by atoms with E-state index in [1.54, 1.807) is 37.4 Å². The van der Waals surface area contributed by atoms with Crippen LogP contribution in [0.3, 0.4) is 0 Å². The Bertz CT molecular complexity index is 673. The SMILES string of the molecule is CNC(=O)c1ccc(C(=O)C=Cc2ccc(Br)cc2)cc1. The minimum Gasteiger partial charge on any atom is -0.355 e. The van der Waals surface area contributed by atoms with Crippen molar-refractivity contribution in [2.24, 2.45) is 0 Å². The van der Waals surface area contributed by atoms with Gasteiger partial charge in [0.25, 0.3) is 5.91 Å². The number of nitrogens with one attached hydrogen (secondary N) is 1. The Morgan fingerprint density at radius 2 is 1.52 bits per heavy atom. The Hall–Kier alpha value is -2.20. The van der Waals surface area contributed by atoms with E-state index in [0.29, 0.717) is 11.1 Å². The molecule has 0 heterocycles. The van der Waals surface area contributed by atoms with Gasteiger partial charge < -0.3 is 5.32 Å². The van der Waals surface area contributed by atoms with E-state index < -0.39 is 0 Å². The molecule has 0 aliphatic carbocycles. The van der Waals surface area contributed by atoms with Crippen LogP contribution >= 0.6 is 15.9 Å². The van der Waals surface area contributed by atoms with Crippen molar-refractivity contribution in [3.63, 3.8) is 0 Å². The van der Waals surface area contributed by atoms with Gasteiger partial charge in [0.2, 0.25) is 0 Å². The van der Waals surface area contributed by atoms with Crippen molar-refractivity contribution in [3.05, 3.63) is 75.8 Å². The van der Waals surface area contributed by atoms with Gasteiger partial charge in [-0.05, 0) is 35.9 Å². The molecule has 106 valence electrons. The zero-order valence-corrected chi connectivity index (χ0v) is 13.1. The smallest absolute Gasteiger partial charge is 0.251 e. The first-order valence-corrected chi connectivity index (χ1v) is 7.19. The van der Waals surface area contributed by atoms with Gasteiger partial charge in [0.05, 0.1) is 0 Å². The van der Waals surface area contributed by atoms with Gasteiger partial charge in [0.1, 0.15) is 0 Å². The van der Waals surface area contributed by atoms with Crippen LogP contribution in [-0.2, 0) is 0 Å². The summed E-state index contributed by atoms with van der Waals surface area (Å²) in [4.78, 5) is 23.5. The van der Waals surface area contributed by atoms with Crippen molar-refractivity contribution in [2.45, 2.75) is 0 Å². The van der Waals surface area contributed by atoms with Gasteiger partial charge >= 0.3 is 0 Å². The van der Waals surface area contributed by atoms with Crippen LogP contribution in [0.25, 0.3) is 6.08 Å². The van der Waals surface area contributed by atoms with Gasteiger partial charge in [0.15, 0.2) is 5.78 Å². The number of carbonyl (C=O) groups excluding carboxylic acids is 2. The number of benzene rings is 2. The van der Waals surface area contributed by atoms with Crippen LogP contribution in [0.15, 0.2) is 59.1 Å². The highest BCUT2D eigenvalue weighted by molar-refractivity contribution is 9.10. The predicted octanol–water partition coefficient (Wildman–Crippen LogP) is 3.70. The third kappa shape index (κ3) is 4.13. The van der Waals surface area contributed by atoms with Crippen LogP contribution < -0.4 is 5.32 Å². The van der Waals surface area contributed by atoms with E-state index in [4.69, 9.17) is 0 Å². The average Bonchev–Trinajstić information content (AvgIpc) is 2.53. The lowest BCUT2D eigenvalue weighted by molar-refractivity contribution is 0.0961. The molecular formula is C17H14BrNO2. The first kappa shape index (κ1) is 15.2. The summed E-state index contributed by atoms with van der Waals surface area (Å²) in [7, 11) is 1.57. The lowest BCUT2D eigenvalue weighted by Crippen LogP contribution is -2.17. The van der Waals surface area contributed by atoms with E-state index in [9.17, 15) is 9.59 Å². The van der Waals surface area contributed by atoms with Crippen LogP contribution in [0.2, 0.25) is 0 Å². The zero-order chi connectivity index (χ0) is 15.2. The maximum atomic E-state index is 12.0. The van der Waals surface area contributed by atoms with E-state index in [2.05, 4.69) is 21.2 Å². The van der Waals surface area contributed by atoms with Gasteiger partial charge in [-0.15, -0.1) is 0 Å². The van der Waals surface area contributed by atoms with Gasteiger partial charge in [-0.25, -0.2) is 0 Å². The second-order valence-corrected chi connectivity index (χ2v) is 5.32. The standard InChI is InChI=1S/C17H14BrNO2/c1-19-17(21)14-7-5-13(6-8-14)16(20)11-4-12-2-9-15(18)10-3-12/h2-11H,1H3,(H,19,21). The van der Waals surface area contributed by atoms with Crippen LogP contribution in [0.1, 0.15) is 26.3 Å². The monoisotopic (exact) mass is 343 g/mol. The summed E-state index contributed by atoms with van der Waals surface area (Å²) in [6, 6.07) is 14.3. The van der Waals surface area contributed by atoms with Crippen LogP contribution in [0.5, 0.6) is 0 Å². The summed E-state index contributed by atoms with van der Waals surface area (Å²) in [6.45, 7) is 0. The second kappa shape index (κ2) is 6.99. The molecule has 1 amide bonds. The molecule has 0 saturated heterocycles. The summed E-state index contributed by atoms with van der Waals surface area (Å²) < 4.78 is 0.996. The molecule has 2 aromatic carbocycles. The highest BCUT2D eigenvalue weighted by Crippen LogP contribution is 2.12. The van der Waals surface area contributed by atoms with Crippen molar-refractivity contribution in [1.82, 2.24) is 5.32 Å². The molecule has 3 nitrogen and oxygen atoms in total. The van der Waals surface area contributed by atoms with E-state index in [1.807, 2.05) is 24.3 Å². The van der Waals surface area contributed by atoms with Crippen molar-refractivity contribution in [3.8, 4) is 0 Å². The number of halogens is 1. The van der Waals surface area contributed by atoms with Crippen molar-refractivity contribution in [2.75, 3.05) is 7.05 Å². The zero-order valence-electron chi connectivity index (χ0n) is 11.5. The Labute approximate surface area is 131 Å². The number of carbonyl (C=O) groups is 2. The first-order chi connectivity index (χ1) is 10.1. The predicted molar refractivity (Wildman–Crippen MR) is 87.3 cm³/mol. The summed E-state index contributed by atoms with van der Waals surface area (Å²) in [6.07, 6.45) is 3.29. The highest BCUT2D eigenvalue weighted by Gasteiger charge is 2.05. The topological polar surface area (TPSA) is 46.2 Å². The minimum atomic E-state index is -0.167. The maximum Gasteiger partial charge on any atom is 0.251 e. The number of ketones is 1. The number of allylic oxidation sites excluding steroid dienone is 1. The van der Waals surface area contributed by atoms with E-state index in [0.717, 1.165) is 10.0 Å². The third-order valence-electron chi connectivity index (χ3n) is 2.96. The molecule has 21 heavy (non-hydrogen) atoms. The number of hydrogen-bond acceptors (Lipinski definition) is 2. The van der Waals surface area contributed by atoms with Crippen LogP contribution in [-0.4, -0.2) is 18.7 Å².